The van der Waals surface area contributed by atoms with Gasteiger partial charge < -0.3 is 9.73 Å². The van der Waals surface area contributed by atoms with Gasteiger partial charge in [-0.05, 0) is 64.4 Å². The van der Waals surface area contributed by atoms with E-state index in [2.05, 4.69) is 26.6 Å². The lowest BCUT2D eigenvalue weighted by Gasteiger charge is -2.09. The molecule has 0 bridgehead atoms. The number of aromatic nitrogens is 4. The second kappa shape index (κ2) is 9.01. The second-order valence-electron chi connectivity index (χ2n) is 8.57. The molecule has 1 fully saturated rings. The molecule has 1 atom stereocenters. The topological polar surface area (TPSA) is 111 Å². The molecule has 176 valence electrons. The standard InChI is InChI=1S/C24H25N5O3S2/c1-14(2)34(30,31)17-8-6-16(7-9-17)19-13-26-15(3)22(27-19)24-29-28-23(32-24)21-11-10-20(33-21)18-5-4-12-25-18/h6-11,13-14,18,25H,4-5,12H2,1-3H3. The van der Waals surface area contributed by atoms with Gasteiger partial charge in [0, 0.05) is 16.5 Å². The van der Waals surface area contributed by atoms with E-state index in [0.29, 0.717) is 34.9 Å². The Hall–Kier alpha value is -2.95. The summed E-state index contributed by atoms with van der Waals surface area (Å²) in [5.41, 5.74) is 2.52. The monoisotopic (exact) mass is 495 g/mol. The van der Waals surface area contributed by atoms with E-state index < -0.39 is 15.1 Å². The predicted molar refractivity (Wildman–Crippen MR) is 131 cm³/mol. The van der Waals surface area contributed by atoms with Gasteiger partial charge in [0.15, 0.2) is 9.84 Å². The summed E-state index contributed by atoms with van der Waals surface area (Å²) in [6.45, 7) is 6.22. The fraction of sp³-hybridized carbons (Fsp3) is 0.333. The summed E-state index contributed by atoms with van der Waals surface area (Å²) in [6.07, 6.45) is 3.98. The molecule has 1 N–H and O–H groups in total. The van der Waals surface area contributed by atoms with Crippen molar-refractivity contribution in [2.75, 3.05) is 6.54 Å². The average Bonchev–Trinajstić information content (AvgIpc) is 3.60. The van der Waals surface area contributed by atoms with Crippen LogP contribution in [-0.4, -0.2) is 40.4 Å². The summed E-state index contributed by atoms with van der Waals surface area (Å²) in [7, 11) is -3.33. The lowest BCUT2D eigenvalue weighted by atomic mass is 10.1. The molecule has 1 aliphatic rings. The molecule has 1 aromatic carbocycles. The first kappa shape index (κ1) is 22.8. The summed E-state index contributed by atoms with van der Waals surface area (Å²) in [5.74, 6) is 0.758. The Bertz CT molecular complexity index is 1420. The third-order valence-electron chi connectivity index (χ3n) is 5.92. The minimum Gasteiger partial charge on any atom is -0.414 e. The van der Waals surface area contributed by atoms with E-state index >= 15 is 0 Å². The molecule has 0 radical (unpaired) electrons. The lowest BCUT2D eigenvalue weighted by molar-refractivity contribution is 0.582. The molecular formula is C24H25N5O3S2. The van der Waals surface area contributed by atoms with Crippen LogP contribution in [0.25, 0.3) is 33.6 Å². The van der Waals surface area contributed by atoms with Gasteiger partial charge in [0.05, 0.1) is 32.6 Å². The van der Waals surface area contributed by atoms with Crippen LogP contribution < -0.4 is 5.32 Å². The van der Waals surface area contributed by atoms with Gasteiger partial charge in [0.2, 0.25) is 0 Å². The van der Waals surface area contributed by atoms with E-state index in [0.717, 1.165) is 23.4 Å². The third kappa shape index (κ3) is 4.28. The van der Waals surface area contributed by atoms with E-state index in [1.807, 2.05) is 13.0 Å². The minimum absolute atomic E-state index is 0.288. The zero-order valence-corrected chi connectivity index (χ0v) is 20.8. The van der Waals surface area contributed by atoms with Gasteiger partial charge in [-0.3, -0.25) is 4.98 Å². The molecule has 0 saturated carbocycles. The van der Waals surface area contributed by atoms with Crippen LogP contribution in [0.5, 0.6) is 0 Å². The summed E-state index contributed by atoms with van der Waals surface area (Å²) >= 11 is 1.66. The zero-order valence-electron chi connectivity index (χ0n) is 19.1. The fourth-order valence-corrected chi connectivity index (χ4v) is 5.98. The summed E-state index contributed by atoms with van der Waals surface area (Å²) in [4.78, 5) is 11.6. The highest BCUT2D eigenvalue weighted by molar-refractivity contribution is 7.92. The number of nitrogens with zero attached hydrogens (tertiary/aromatic N) is 4. The molecule has 8 nitrogen and oxygen atoms in total. The van der Waals surface area contributed by atoms with Crippen LogP contribution in [-0.2, 0) is 9.84 Å². The molecule has 0 amide bonds. The van der Waals surface area contributed by atoms with E-state index in [1.165, 1.54) is 11.3 Å². The number of hydrogen-bond donors (Lipinski definition) is 1. The Labute approximate surface area is 202 Å². The maximum atomic E-state index is 12.4. The number of thiophene rings is 1. The van der Waals surface area contributed by atoms with E-state index in [-0.39, 0.29) is 4.90 Å². The highest BCUT2D eigenvalue weighted by atomic mass is 32.2. The predicted octanol–water partition coefficient (Wildman–Crippen LogP) is 4.84. The first-order chi connectivity index (χ1) is 16.3. The smallest absolute Gasteiger partial charge is 0.268 e. The number of sulfone groups is 1. The summed E-state index contributed by atoms with van der Waals surface area (Å²) < 4.78 is 30.8. The molecular weight excluding hydrogens is 470 g/mol. The molecule has 1 aliphatic heterocycles. The van der Waals surface area contributed by atoms with Crippen molar-refractivity contribution in [2.45, 2.75) is 49.8 Å². The minimum atomic E-state index is -3.33. The molecule has 4 heterocycles. The van der Waals surface area contributed by atoms with Crippen molar-refractivity contribution < 1.29 is 12.8 Å². The highest BCUT2D eigenvalue weighted by Gasteiger charge is 2.22. The van der Waals surface area contributed by atoms with Gasteiger partial charge >= 0.3 is 0 Å². The number of nitrogens with one attached hydrogen (secondary N) is 1. The molecule has 3 aromatic heterocycles. The van der Waals surface area contributed by atoms with Crippen LogP contribution >= 0.6 is 11.3 Å². The van der Waals surface area contributed by atoms with Gasteiger partial charge in [-0.25, -0.2) is 13.4 Å². The van der Waals surface area contributed by atoms with Gasteiger partial charge in [-0.15, -0.1) is 21.5 Å². The Morgan fingerprint density at radius 1 is 1.09 bits per heavy atom. The van der Waals surface area contributed by atoms with Crippen LogP contribution in [0, 0.1) is 6.92 Å². The molecule has 4 aromatic rings. The van der Waals surface area contributed by atoms with Crippen LogP contribution in [0.4, 0.5) is 0 Å². The van der Waals surface area contributed by atoms with Crippen LogP contribution in [0.15, 0.2) is 51.9 Å². The highest BCUT2D eigenvalue weighted by Crippen LogP contribution is 2.35. The maximum Gasteiger partial charge on any atom is 0.268 e. The first-order valence-corrected chi connectivity index (χ1v) is 13.5. The third-order valence-corrected chi connectivity index (χ3v) is 9.28. The quantitative estimate of drug-likeness (QED) is 0.405. The molecule has 0 aliphatic carbocycles. The molecule has 5 rings (SSSR count). The average molecular weight is 496 g/mol. The Morgan fingerprint density at radius 2 is 1.85 bits per heavy atom. The largest absolute Gasteiger partial charge is 0.414 e. The van der Waals surface area contributed by atoms with Crippen molar-refractivity contribution in [1.82, 2.24) is 25.5 Å². The number of hydrogen-bond acceptors (Lipinski definition) is 9. The van der Waals surface area contributed by atoms with Gasteiger partial charge in [0.1, 0.15) is 5.69 Å². The molecule has 10 heteroatoms. The zero-order chi connectivity index (χ0) is 23.9. The van der Waals surface area contributed by atoms with Crippen LogP contribution in [0.1, 0.15) is 43.3 Å². The molecule has 34 heavy (non-hydrogen) atoms. The van der Waals surface area contributed by atoms with Gasteiger partial charge in [0.25, 0.3) is 11.8 Å². The lowest BCUT2D eigenvalue weighted by Crippen LogP contribution is -2.13. The second-order valence-corrected chi connectivity index (χ2v) is 12.2. The van der Waals surface area contributed by atoms with Crippen molar-refractivity contribution in [3.05, 3.63) is 53.2 Å². The van der Waals surface area contributed by atoms with Crippen molar-refractivity contribution in [3.63, 3.8) is 0 Å². The van der Waals surface area contributed by atoms with E-state index in [4.69, 9.17) is 9.40 Å². The number of rotatable bonds is 6. The Kier molecular flexibility index (Phi) is 6.05. The normalized spacial score (nSPS) is 16.4. The molecule has 0 spiro atoms. The summed E-state index contributed by atoms with van der Waals surface area (Å²) in [5, 5.41) is 11.5. The van der Waals surface area contributed by atoms with Crippen molar-refractivity contribution in [2.24, 2.45) is 0 Å². The molecule has 1 unspecified atom stereocenters. The van der Waals surface area contributed by atoms with Crippen molar-refractivity contribution in [1.29, 1.82) is 0 Å². The summed E-state index contributed by atoms with van der Waals surface area (Å²) in [6, 6.07) is 11.2. The molecule has 1 saturated heterocycles. The van der Waals surface area contributed by atoms with Gasteiger partial charge in [-0.2, -0.15) is 0 Å². The fourth-order valence-electron chi connectivity index (χ4n) is 3.88. The maximum absolute atomic E-state index is 12.4. The Morgan fingerprint density at radius 3 is 2.56 bits per heavy atom. The van der Waals surface area contributed by atoms with E-state index in [9.17, 15) is 8.42 Å². The van der Waals surface area contributed by atoms with Crippen LogP contribution in [0.3, 0.4) is 0 Å². The number of aryl methyl sites for hydroxylation is 1. The first-order valence-electron chi connectivity index (χ1n) is 11.2. The SMILES string of the molecule is Cc1ncc(-c2ccc(S(=O)(=O)C(C)C)cc2)nc1-c1nnc(-c2ccc(C3CCCN3)s2)o1. The van der Waals surface area contributed by atoms with Gasteiger partial charge in [-0.1, -0.05) is 12.1 Å². The van der Waals surface area contributed by atoms with E-state index in [1.54, 1.807) is 55.6 Å². The van der Waals surface area contributed by atoms with Crippen molar-refractivity contribution >= 4 is 21.2 Å². The van der Waals surface area contributed by atoms with Crippen molar-refractivity contribution in [3.8, 4) is 33.6 Å². The Balaban J connectivity index is 1.42. The van der Waals surface area contributed by atoms with Crippen LogP contribution in [0.2, 0.25) is 0 Å². The number of benzene rings is 1.